The van der Waals surface area contributed by atoms with Gasteiger partial charge < -0.3 is 10.5 Å². The molecule has 9 heteroatoms. The van der Waals surface area contributed by atoms with Gasteiger partial charge in [0.15, 0.2) is 5.82 Å². The van der Waals surface area contributed by atoms with Crippen LogP contribution in [0.3, 0.4) is 0 Å². The molecule has 1 aliphatic rings. The lowest BCUT2D eigenvalue weighted by molar-refractivity contribution is 0.0360. The Balaban J connectivity index is 1.28. The second kappa shape index (κ2) is 9.76. The first-order chi connectivity index (χ1) is 18.1. The van der Waals surface area contributed by atoms with Crippen LogP contribution in [0.15, 0.2) is 73.3 Å². The molecular formula is C28H26F2N6O. The summed E-state index contributed by atoms with van der Waals surface area (Å²) in [7, 11) is 0. The molecule has 0 saturated carbocycles. The number of halogens is 2. The molecule has 5 aromatic rings. The molecule has 1 fully saturated rings. The number of nitrogen functional groups attached to an aromatic ring is 1. The first-order valence-electron chi connectivity index (χ1n) is 12.2. The van der Waals surface area contributed by atoms with E-state index in [2.05, 4.69) is 15.0 Å². The van der Waals surface area contributed by atoms with Crippen LogP contribution in [0, 0.1) is 11.6 Å². The summed E-state index contributed by atoms with van der Waals surface area (Å²) in [5, 5.41) is 4.53. The van der Waals surface area contributed by atoms with E-state index in [0.717, 1.165) is 61.6 Å². The zero-order valence-corrected chi connectivity index (χ0v) is 20.1. The van der Waals surface area contributed by atoms with Crippen LogP contribution in [0.25, 0.3) is 39.0 Å². The molecule has 0 bridgehead atoms. The van der Waals surface area contributed by atoms with Crippen molar-refractivity contribution in [3.63, 3.8) is 0 Å². The molecule has 0 radical (unpaired) electrons. The van der Waals surface area contributed by atoms with E-state index in [4.69, 9.17) is 10.5 Å². The Bertz CT molecular complexity index is 1570. The fourth-order valence-corrected chi connectivity index (χ4v) is 4.75. The Hall–Kier alpha value is -4.08. The number of nitrogens with zero attached hydrogens (tertiary/aromatic N) is 5. The van der Waals surface area contributed by atoms with Gasteiger partial charge in [0.25, 0.3) is 0 Å². The third kappa shape index (κ3) is 4.59. The topological polar surface area (TPSA) is 74.1 Å². The average Bonchev–Trinajstić information content (AvgIpc) is 3.57. The molecule has 0 amide bonds. The SMILES string of the molecule is Nc1cc(-n2cnc3cc(-c4cnn(CCN5CCOCC5)c4)ccc32)cc(-c2ccccc2F)c1F. The van der Waals surface area contributed by atoms with Crippen molar-refractivity contribution >= 4 is 16.7 Å². The van der Waals surface area contributed by atoms with Crippen molar-refractivity contribution < 1.29 is 13.5 Å². The summed E-state index contributed by atoms with van der Waals surface area (Å²) < 4.78 is 38.5. The number of imidazole rings is 1. The fourth-order valence-electron chi connectivity index (χ4n) is 4.75. The lowest BCUT2D eigenvalue weighted by Crippen LogP contribution is -2.38. The molecule has 0 unspecified atom stereocenters. The largest absolute Gasteiger partial charge is 0.396 e. The number of benzene rings is 3. The Kier molecular flexibility index (Phi) is 6.15. The minimum atomic E-state index is -0.647. The maximum Gasteiger partial charge on any atom is 0.154 e. The summed E-state index contributed by atoms with van der Waals surface area (Å²) in [6.07, 6.45) is 5.57. The number of hydrogen-bond donors (Lipinski definition) is 1. The van der Waals surface area contributed by atoms with Gasteiger partial charge in [-0.25, -0.2) is 13.8 Å². The number of morpholine rings is 1. The molecule has 2 aromatic heterocycles. The minimum absolute atomic E-state index is 0.0567. The molecule has 188 valence electrons. The molecule has 1 saturated heterocycles. The highest BCUT2D eigenvalue weighted by Gasteiger charge is 2.16. The van der Waals surface area contributed by atoms with E-state index >= 15 is 0 Å². The average molecular weight is 501 g/mol. The number of rotatable bonds is 6. The molecule has 7 nitrogen and oxygen atoms in total. The molecule has 1 aliphatic heterocycles. The number of anilines is 1. The van der Waals surface area contributed by atoms with Gasteiger partial charge in [-0.1, -0.05) is 24.3 Å². The van der Waals surface area contributed by atoms with Crippen molar-refractivity contribution in [2.75, 3.05) is 38.6 Å². The Morgan fingerprint density at radius 2 is 1.76 bits per heavy atom. The highest BCUT2D eigenvalue weighted by atomic mass is 19.1. The van der Waals surface area contributed by atoms with Crippen LogP contribution >= 0.6 is 0 Å². The van der Waals surface area contributed by atoms with Crippen LogP contribution in [0.4, 0.5) is 14.5 Å². The highest BCUT2D eigenvalue weighted by molar-refractivity contribution is 5.84. The fraction of sp³-hybridized carbons (Fsp3) is 0.214. The van der Waals surface area contributed by atoms with Gasteiger partial charge in [-0.15, -0.1) is 0 Å². The van der Waals surface area contributed by atoms with Gasteiger partial charge in [0.05, 0.1) is 42.7 Å². The van der Waals surface area contributed by atoms with Gasteiger partial charge >= 0.3 is 0 Å². The van der Waals surface area contributed by atoms with E-state index in [1.54, 1.807) is 24.5 Å². The second-order valence-corrected chi connectivity index (χ2v) is 9.14. The zero-order valence-electron chi connectivity index (χ0n) is 20.1. The van der Waals surface area contributed by atoms with Crippen molar-refractivity contribution in [2.24, 2.45) is 0 Å². The van der Waals surface area contributed by atoms with E-state index in [9.17, 15) is 8.78 Å². The van der Waals surface area contributed by atoms with E-state index in [1.807, 2.05) is 39.8 Å². The smallest absolute Gasteiger partial charge is 0.154 e. The summed E-state index contributed by atoms with van der Waals surface area (Å²) in [5.41, 5.74) is 10.4. The van der Waals surface area contributed by atoms with E-state index in [0.29, 0.717) is 5.69 Å². The molecule has 37 heavy (non-hydrogen) atoms. The molecule has 3 heterocycles. The van der Waals surface area contributed by atoms with Crippen molar-refractivity contribution in [1.29, 1.82) is 0 Å². The van der Waals surface area contributed by atoms with Crippen LogP contribution in [-0.4, -0.2) is 57.1 Å². The quantitative estimate of drug-likeness (QED) is 0.341. The molecular weight excluding hydrogens is 474 g/mol. The third-order valence-electron chi connectivity index (χ3n) is 6.79. The Morgan fingerprint density at radius 3 is 2.59 bits per heavy atom. The number of nitrogens with two attached hydrogens (primary N) is 1. The maximum absolute atomic E-state index is 14.9. The van der Waals surface area contributed by atoms with E-state index in [1.165, 1.54) is 18.2 Å². The zero-order chi connectivity index (χ0) is 25.4. The predicted molar refractivity (Wildman–Crippen MR) is 139 cm³/mol. The number of ether oxygens (including phenoxy) is 1. The molecule has 2 N–H and O–H groups in total. The first kappa shape index (κ1) is 23.3. The van der Waals surface area contributed by atoms with E-state index < -0.39 is 11.6 Å². The summed E-state index contributed by atoms with van der Waals surface area (Å²) >= 11 is 0. The number of aromatic nitrogens is 4. The van der Waals surface area contributed by atoms with Crippen LogP contribution < -0.4 is 5.73 Å². The maximum atomic E-state index is 14.9. The summed E-state index contributed by atoms with van der Waals surface area (Å²) in [5.74, 6) is -1.16. The normalized spacial score (nSPS) is 14.4. The van der Waals surface area contributed by atoms with Gasteiger partial charge in [0.2, 0.25) is 0 Å². The van der Waals surface area contributed by atoms with Gasteiger partial charge in [-0.05, 0) is 35.9 Å². The second-order valence-electron chi connectivity index (χ2n) is 9.14. The Morgan fingerprint density at radius 1 is 0.919 bits per heavy atom. The molecule has 0 aliphatic carbocycles. The van der Waals surface area contributed by atoms with Crippen molar-refractivity contribution in [3.8, 4) is 27.9 Å². The monoisotopic (exact) mass is 500 g/mol. The van der Waals surface area contributed by atoms with Gasteiger partial charge in [0.1, 0.15) is 12.1 Å². The van der Waals surface area contributed by atoms with Gasteiger partial charge in [-0.3, -0.25) is 14.1 Å². The van der Waals surface area contributed by atoms with Crippen LogP contribution in [-0.2, 0) is 11.3 Å². The molecule has 0 spiro atoms. The van der Waals surface area contributed by atoms with Gasteiger partial charge in [-0.2, -0.15) is 5.10 Å². The van der Waals surface area contributed by atoms with Crippen LogP contribution in [0.1, 0.15) is 0 Å². The Labute approximate surface area is 212 Å². The summed E-state index contributed by atoms with van der Waals surface area (Å²) in [6.45, 7) is 5.22. The molecule has 6 rings (SSSR count). The number of hydrogen-bond acceptors (Lipinski definition) is 5. The minimum Gasteiger partial charge on any atom is -0.396 e. The van der Waals surface area contributed by atoms with Gasteiger partial charge in [0, 0.05) is 48.2 Å². The van der Waals surface area contributed by atoms with Crippen LogP contribution in [0.2, 0.25) is 0 Å². The number of fused-ring (bicyclic) bond motifs is 1. The van der Waals surface area contributed by atoms with Crippen LogP contribution in [0.5, 0.6) is 0 Å². The molecule has 3 aromatic carbocycles. The summed E-state index contributed by atoms with van der Waals surface area (Å²) in [4.78, 5) is 6.94. The highest BCUT2D eigenvalue weighted by Crippen LogP contribution is 2.33. The third-order valence-corrected chi connectivity index (χ3v) is 6.79. The summed E-state index contributed by atoms with van der Waals surface area (Å²) in [6, 6.07) is 15.2. The predicted octanol–water partition coefficient (Wildman–Crippen LogP) is 4.75. The van der Waals surface area contributed by atoms with E-state index in [-0.39, 0.29) is 16.8 Å². The lowest BCUT2D eigenvalue weighted by atomic mass is 10.0. The molecule has 0 atom stereocenters. The van der Waals surface area contributed by atoms with Crippen molar-refractivity contribution in [1.82, 2.24) is 24.2 Å². The standard InChI is InChI=1S/C28H26F2N6O/c29-24-4-2-1-3-22(24)23-14-21(15-25(31)28(23)30)36-18-32-26-13-19(5-6-27(26)36)20-16-33-35(17-20)8-7-34-9-11-37-12-10-34/h1-6,13-18H,7-12,31H2. The van der Waals surface area contributed by atoms with Crippen molar-refractivity contribution in [2.45, 2.75) is 6.54 Å². The first-order valence-corrected chi connectivity index (χ1v) is 12.2. The lowest BCUT2D eigenvalue weighted by Gasteiger charge is -2.26. The van der Waals surface area contributed by atoms with Crippen molar-refractivity contribution in [3.05, 3.63) is 85.0 Å².